The van der Waals surface area contributed by atoms with Gasteiger partial charge in [-0.15, -0.1) is 0 Å². The van der Waals surface area contributed by atoms with Gasteiger partial charge in [0.15, 0.2) is 0 Å². The highest BCUT2D eigenvalue weighted by Crippen LogP contribution is 2.31. The Hall–Kier alpha value is -1.84. The minimum Gasteiger partial charge on any atom is -0.464 e. The lowest BCUT2D eigenvalue weighted by Gasteiger charge is -2.28. The minimum atomic E-state index is -0.814. The molecular formula is C18H25NO3. The number of hydrogen-bond donors (Lipinski definition) is 1. The van der Waals surface area contributed by atoms with Crippen molar-refractivity contribution in [2.45, 2.75) is 58.4 Å². The quantitative estimate of drug-likeness (QED) is 0.851. The van der Waals surface area contributed by atoms with Crippen LogP contribution in [0.15, 0.2) is 18.2 Å². The fraction of sp³-hybridized carbons (Fsp3) is 0.556. The minimum absolute atomic E-state index is 0.109. The molecule has 1 aromatic carbocycles. The van der Waals surface area contributed by atoms with Crippen LogP contribution in [-0.4, -0.2) is 24.0 Å². The Morgan fingerprint density at radius 1 is 1.23 bits per heavy atom. The molecular weight excluding hydrogens is 278 g/mol. The van der Waals surface area contributed by atoms with E-state index in [1.807, 2.05) is 26.0 Å². The molecule has 0 aromatic heterocycles. The molecule has 0 spiro atoms. The molecule has 1 N–H and O–H groups in total. The molecule has 1 aliphatic rings. The summed E-state index contributed by atoms with van der Waals surface area (Å²) in [4.78, 5) is 24.6. The van der Waals surface area contributed by atoms with Gasteiger partial charge in [-0.2, -0.15) is 0 Å². The van der Waals surface area contributed by atoms with Crippen LogP contribution in [0.5, 0.6) is 0 Å². The van der Waals surface area contributed by atoms with Crippen LogP contribution in [0, 0.1) is 13.8 Å². The normalized spacial score (nSPS) is 16.3. The fourth-order valence-corrected chi connectivity index (χ4v) is 3.16. The molecule has 22 heavy (non-hydrogen) atoms. The van der Waals surface area contributed by atoms with E-state index in [-0.39, 0.29) is 11.9 Å². The first-order valence-corrected chi connectivity index (χ1v) is 8.01. The van der Waals surface area contributed by atoms with Crippen LogP contribution in [0.3, 0.4) is 0 Å². The molecule has 2 rings (SSSR count). The van der Waals surface area contributed by atoms with Gasteiger partial charge in [-0.05, 0) is 44.7 Å². The number of esters is 1. The lowest BCUT2D eigenvalue weighted by molar-refractivity contribution is -0.153. The standard InChI is InChI=1S/C18H25NO3/c1-4-22-17(21)18(9-5-6-10-18)19-16(20)12-15-8-7-13(2)11-14(15)3/h7-8,11H,4-6,9-10,12H2,1-3H3,(H,19,20). The second-order valence-electron chi connectivity index (χ2n) is 6.16. The highest BCUT2D eigenvalue weighted by molar-refractivity contribution is 5.89. The molecule has 0 atom stereocenters. The molecule has 0 radical (unpaired) electrons. The van der Waals surface area contributed by atoms with E-state index in [0.717, 1.165) is 24.0 Å². The van der Waals surface area contributed by atoms with Crippen molar-refractivity contribution in [3.63, 3.8) is 0 Å². The predicted molar refractivity (Wildman–Crippen MR) is 85.6 cm³/mol. The van der Waals surface area contributed by atoms with Gasteiger partial charge in [0.25, 0.3) is 0 Å². The third-order valence-corrected chi connectivity index (χ3v) is 4.35. The number of aryl methyl sites for hydroxylation is 2. The molecule has 1 aliphatic carbocycles. The Balaban J connectivity index is 2.07. The Morgan fingerprint density at radius 2 is 1.91 bits per heavy atom. The van der Waals surface area contributed by atoms with E-state index in [1.54, 1.807) is 6.92 Å². The van der Waals surface area contributed by atoms with Crippen molar-refractivity contribution >= 4 is 11.9 Å². The second kappa shape index (κ2) is 6.95. The Labute approximate surface area is 132 Å². The summed E-state index contributed by atoms with van der Waals surface area (Å²) in [6.07, 6.45) is 3.54. The van der Waals surface area contributed by atoms with Gasteiger partial charge in [-0.3, -0.25) is 4.79 Å². The smallest absolute Gasteiger partial charge is 0.331 e. The van der Waals surface area contributed by atoms with Gasteiger partial charge < -0.3 is 10.1 Å². The lowest BCUT2D eigenvalue weighted by atomic mass is 9.96. The van der Waals surface area contributed by atoms with Crippen LogP contribution in [-0.2, 0) is 20.7 Å². The Bertz CT molecular complexity index is 559. The molecule has 0 unspecified atom stereocenters. The Morgan fingerprint density at radius 3 is 2.50 bits per heavy atom. The van der Waals surface area contributed by atoms with Crippen molar-refractivity contribution in [1.29, 1.82) is 0 Å². The van der Waals surface area contributed by atoms with Crippen LogP contribution in [0.25, 0.3) is 0 Å². The number of carbonyl (C=O) groups is 2. The first kappa shape index (κ1) is 16.5. The molecule has 0 bridgehead atoms. The summed E-state index contributed by atoms with van der Waals surface area (Å²) in [6.45, 7) is 6.17. The number of rotatable bonds is 5. The number of hydrogen-bond acceptors (Lipinski definition) is 3. The van der Waals surface area contributed by atoms with E-state index in [1.165, 1.54) is 5.56 Å². The van der Waals surface area contributed by atoms with Gasteiger partial charge in [0.05, 0.1) is 13.0 Å². The van der Waals surface area contributed by atoms with Gasteiger partial charge in [-0.1, -0.05) is 36.6 Å². The number of nitrogens with one attached hydrogen (secondary N) is 1. The first-order chi connectivity index (χ1) is 10.5. The molecule has 0 heterocycles. The second-order valence-corrected chi connectivity index (χ2v) is 6.16. The fourth-order valence-electron chi connectivity index (χ4n) is 3.16. The maximum Gasteiger partial charge on any atom is 0.331 e. The van der Waals surface area contributed by atoms with Gasteiger partial charge >= 0.3 is 5.97 Å². The van der Waals surface area contributed by atoms with E-state index >= 15 is 0 Å². The molecule has 120 valence electrons. The maximum absolute atomic E-state index is 12.4. The molecule has 1 amide bonds. The molecule has 1 fully saturated rings. The number of benzene rings is 1. The van der Waals surface area contributed by atoms with Crippen LogP contribution in [0.1, 0.15) is 49.3 Å². The zero-order valence-corrected chi connectivity index (χ0v) is 13.7. The maximum atomic E-state index is 12.4. The van der Waals surface area contributed by atoms with Crippen LogP contribution < -0.4 is 5.32 Å². The molecule has 4 nitrogen and oxygen atoms in total. The number of carbonyl (C=O) groups excluding carboxylic acids is 2. The zero-order chi connectivity index (χ0) is 16.2. The summed E-state index contributed by atoms with van der Waals surface area (Å²) >= 11 is 0. The highest BCUT2D eigenvalue weighted by Gasteiger charge is 2.43. The largest absolute Gasteiger partial charge is 0.464 e. The van der Waals surface area contributed by atoms with Gasteiger partial charge in [0, 0.05) is 0 Å². The highest BCUT2D eigenvalue weighted by atomic mass is 16.5. The third-order valence-electron chi connectivity index (χ3n) is 4.35. The summed E-state index contributed by atoms with van der Waals surface area (Å²) in [5, 5.41) is 2.95. The lowest BCUT2D eigenvalue weighted by Crippen LogP contribution is -2.53. The van der Waals surface area contributed by atoms with E-state index in [2.05, 4.69) is 11.4 Å². The summed E-state index contributed by atoms with van der Waals surface area (Å²) in [5.74, 6) is -0.400. The monoisotopic (exact) mass is 303 g/mol. The summed E-state index contributed by atoms with van der Waals surface area (Å²) < 4.78 is 5.17. The predicted octanol–water partition coefficient (Wildman–Crippen LogP) is 2.84. The molecule has 0 aliphatic heterocycles. The molecule has 1 aromatic rings. The Kier molecular flexibility index (Phi) is 5.22. The van der Waals surface area contributed by atoms with Crippen molar-refractivity contribution in [2.24, 2.45) is 0 Å². The summed E-state index contributed by atoms with van der Waals surface area (Å²) in [7, 11) is 0. The van der Waals surface area contributed by atoms with Crippen molar-refractivity contribution in [2.75, 3.05) is 6.61 Å². The van der Waals surface area contributed by atoms with Gasteiger partial charge in [0.1, 0.15) is 5.54 Å². The van der Waals surface area contributed by atoms with E-state index in [0.29, 0.717) is 25.9 Å². The molecule has 0 saturated heterocycles. The average Bonchev–Trinajstić information content (AvgIpc) is 2.92. The first-order valence-electron chi connectivity index (χ1n) is 8.01. The summed E-state index contributed by atoms with van der Waals surface area (Å²) in [5.41, 5.74) is 2.47. The van der Waals surface area contributed by atoms with Gasteiger partial charge in [0.2, 0.25) is 5.91 Å². The topological polar surface area (TPSA) is 55.4 Å². The number of ether oxygens (including phenoxy) is 1. The third kappa shape index (κ3) is 3.67. The van der Waals surface area contributed by atoms with Crippen molar-refractivity contribution in [1.82, 2.24) is 5.32 Å². The van der Waals surface area contributed by atoms with Crippen LogP contribution in [0.2, 0.25) is 0 Å². The van der Waals surface area contributed by atoms with E-state index < -0.39 is 5.54 Å². The van der Waals surface area contributed by atoms with Crippen molar-refractivity contribution < 1.29 is 14.3 Å². The zero-order valence-electron chi connectivity index (χ0n) is 13.7. The SMILES string of the molecule is CCOC(=O)C1(NC(=O)Cc2ccc(C)cc2C)CCCC1. The van der Waals surface area contributed by atoms with Crippen LogP contribution in [0.4, 0.5) is 0 Å². The summed E-state index contributed by atoms with van der Waals surface area (Å²) in [6, 6.07) is 6.06. The van der Waals surface area contributed by atoms with Crippen molar-refractivity contribution in [3.05, 3.63) is 34.9 Å². The van der Waals surface area contributed by atoms with Gasteiger partial charge in [-0.25, -0.2) is 4.79 Å². The average molecular weight is 303 g/mol. The van der Waals surface area contributed by atoms with E-state index in [9.17, 15) is 9.59 Å². The van der Waals surface area contributed by atoms with E-state index in [4.69, 9.17) is 4.74 Å². The molecule has 4 heteroatoms. The molecule has 1 saturated carbocycles. The van der Waals surface area contributed by atoms with Crippen molar-refractivity contribution in [3.8, 4) is 0 Å². The number of amides is 1. The van der Waals surface area contributed by atoms with Crippen LogP contribution >= 0.6 is 0 Å².